The van der Waals surface area contributed by atoms with Crippen LogP contribution >= 0.6 is 0 Å². The van der Waals surface area contributed by atoms with Gasteiger partial charge in [-0.15, -0.1) is 0 Å². The van der Waals surface area contributed by atoms with E-state index in [1.165, 1.54) is 0 Å². The van der Waals surface area contributed by atoms with Crippen molar-refractivity contribution >= 4 is 0 Å². The van der Waals surface area contributed by atoms with E-state index in [-0.39, 0.29) is 13.4 Å². The first-order valence-electron chi connectivity index (χ1n) is 4.87. The highest BCUT2D eigenvalue weighted by Gasteiger charge is 2.21. The van der Waals surface area contributed by atoms with E-state index in [4.69, 9.17) is 19.3 Å². The molecule has 0 aromatic heterocycles. The maximum Gasteiger partial charge on any atom is 0.231 e. The van der Waals surface area contributed by atoms with Crippen LogP contribution < -0.4 is 9.47 Å². The lowest BCUT2D eigenvalue weighted by atomic mass is 10.1. The van der Waals surface area contributed by atoms with Crippen LogP contribution in [0.5, 0.6) is 11.5 Å². The number of fused-ring (bicyclic) bond motifs is 1. The first kappa shape index (κ1) is 10.3. The highest BCUT2D eigenvalue weighted by Crippen LogP contribution is 2.39. The molecule has 0 saturated heterocycles. The molecule has 0 amide bonds. The summed E-state index contributed by atoms with van der Waals surface area (Å²) in [5.41, 5.74) is 1.96. The molecule has 1 N–H and O–H groups in total. The molecule has 82 valence electrons. The van der Waals surface area contributed by atoms with Gasteiger partial charge in [0.1, 0.15) is 0 Å². The molecule has 4 heteroatoms. The second kappa shape index (κ2) is 4.51. The average molecular weight is 210 g/mol. The van der Waals surface area contributed by atoms with Crippen molar-refractivity contribution in [3.63, 3.8) is 0 Å². The highest BCUT2D eigenvalue weighted by molar-refractivity contribution is 5.53. The fourth-order valence-electron chi connectivity index (χ4n) is 1.69. The quantitative estimate of drug-likeness (QED) is 0.808. The summed E-state index contributed by atoms with van der Waals surface area (Å²) in [6.45, 7) is 0.860. The smallest absolute Gasteiger partial charge is 0.231 e. The van der Waals surface area contributed by atoms with E-state index in [2.05, 4.69) is 0 Å². The van der Waals surface area contributed by atoms with Gasteiger partial charge >= 0.3 is 0 Å². The Morgan fingerprint density at radius 1 is 1.27 bits per heavy atom. The lowest BCUT2D eigenvalue weighted by Crippen LogP contribution is -1.96. The van der Waals surface area contributed by atoms with Crippen LogP contribution in [0.4, 0.5) is 0 Å². The minimum atomic E-state index is 0.111. The second-order valence-electron chi connectivity index (χ2n) is 3.36. The van der Waals surface area contributed by atoms with Gasteiger partial charge in [0, 0.05) is 24.8 Å². The fourth-order valence-corrected chi connectivity index (χ4v) is 1.69. The van der Waals surface area contributed by atoms with Gasteiger partial charge in [0.15, 0.2) is 11.5 Å². The zero-order chi connectivity index (χ0) is 10.7. The summed E-state index contributed by atoms with van der Waals surface area (Å²) in [6, 6.07) is 3.89. The molecular weight excluding hydrogens is 196 g/mol. The lowest BCUT2D eigenvalue weighted by Gasteiger charge is -2.08. The summed E-state index contributed by atoms with van der Waals surface area (Å²) in [5.74, 6) is 1.50. The maximum absolute atomic E-state index is 8.90. The SMILES string of the molecule is COCc1ccc(CCO)c2c1OCO2. The zero-order valence-electron chi connectivity index (χ0n) is 8.66. The molecule has 0 bridgehead atoms. The third-order valence-corrected chi connectivity index (χ3v) is 2.36. The Kier molecular flexibility index (Phi) is 3.08. The van der Waals surface area contributed by atoms with E-state index in [0.717, 1.165) is 22.6 Å². The fraction of sp³-hybridized carbons (Fsp3) is 0.455. The van der Waals surface area contributed by atoms with E-state index < -0.39 is 0 Å². The molecule has 0 radical (unpaired) electrons. The highest BCUT2D eigenvalue weighted by atomic mass is 16.7. The minimum Gasteiger partial charge on any atom is -0.453 e. The number of rotatable bonds is 4. The van der Waals surface area contributed by atoms with E-state index in [1.54, 1.807) is 7.11 Å². The Morgan fingerprint density at radius 3 is 2.60 bits per heavy atom. The maximum atomic E-state index is 8.90. The van der Waals surface area contributed by atoms with Crippen LogP contribution in [0.25, 0.3) is 0 Å². The van der Waals surface area contributed by atoms with E-state index in [9.17, 15) is 0 Å². The molecule has 0 saturated carbocycles. The van der Waals surface area contributed by atoms with Crippen LogP contribution in [-0.4, -0.2) is 25.6 Å². The molecule has 1 aromatic carbocycles. The normalized spacial score (nSPS) is 13.2. The van der Waals surface area contributed by atoms with Gasteiger partial charge in [-0.1, -0.05) is 12.1 Å². The van der Waals surface area contributed by atoms with Crippen LogP contribution in [0.1, 0.15) is 11.1 Å². The molecule has 1 aliphatic rings. The van der Waals surface area contributed by atoms with Gasteiger partial charge in [0.2, 0.25) is 6.79 Å². The van der Waals surface area contributed by atoms with Gasteiger partial charge in [0.25, 0.3) is 0 Å². The third-order valence-electron chi connectivity index (χ3n) is 2.36. The predicted octanol–water partition coefficient (Wildman–Crippen LogP) is 1.10. The van der Waals surface area contributed by atoms with Crippen molar-refractivity contribution in [1.29, 1.82) is 0 Å². The Balaban J connectivity index is 2.35. The molecule has 15 heavy (non-hydrogen) atoms. The van der Waals surface area contributed by atoms with Gasteiger partial charge in [-0.05, 0) is 6.42 Å². The summed E-state index contributed by atoms with van der Waals surface area (Å²) >= 11 is 0. The Hall–Kier alpha value is -1.26. The van der Waals surface area contributed by atoms with Crippen molar-refractivity contribution in [1.82, 2.24) is 0 Å². The van der Waals surface area contributed by atoms with Crippen molar-refractivity contribution in [2.45, 2.75) is 13.0 Å². The van der Waals surface area contributed by atoms with Gasteiger partial charge < -0.3 is 19.3 Å². The summed E-state index contributed by atoms with van der Waals surface area (Å²) in [7, 11) is 1.64. The molecule has 1 aromatic rings. The van der Waals surface area contributed by atoms with Crippen LogP contribution in [0.3, 0.4) is 0 Å². The molecule has 2 rings (SSSR count). The number of hydrogen-bond acceptors (Lipinski definition) is 4. The molecule has 0 unspecified atom stereocenters. The van der Waals surface area contributed by atoms with Crippen molar-refractivity contribution in [2.24, 2.45) is 0 Å². The van der Waals surface area contributed by atoms with Crippen LogP contribution in [0.15, 0.2) is 12.1 Å². The van der Waals surface area contributed by atoms with Crippen LogP contribution in [-0.2, 0) is 17.8 Å². The molecule has 0 fully saturated rings. The topological polar surface area (TPSA) is 47.9 Å². The van der Waals surface area contributed by atoms with Crippen molar-refractivity contribution in [3.05, 3.63) is 23.3 Å². The van der Waals surface area contributed by atoms with Crippen LogP contribution in [0.2, 0.25) is 0 Å². The molecule has 1 heterocycles. The standard InChI is InChI=1S/C11H14O4/c1-13-6-9-3-2-8(4-5-12)10-11(9)15-7-14-10/h2-3,12H,4-7H2,1H3. The van der Waals surface area contributed by atoms with Gasteiger partial charge in [-0.2, -0.15) is 0 Å². The second-order valence-corrected chi connectivity index (χ2v) is 3.36. The van der Waals surface area contributed by atoms with E-state index in [1.807, 2.05) is 12.1 Å². The number of methoxy groups -OCH3 is 1. The van der Waals surface area contributed by atoms with Gasteiger partial charge in [-0.3, -0.25) is 0 Å². The van der Waals surface area contributed by atoms with E-state index in [0.29, 0.717) is 13.0 Å². The summed E-state index contributed by atoms with van der Waals surface area (Å²) in [4.78, 5) is 0. The molecular formula is C11H14O4. The minimum absolute atomic E-state index is 0.111. The Morgan fingerprint density at radius 2 is 1.93 bits per heavy atom. The molecule has 1 aliphatic heterocycles. The monoisotopic (exact) mass is 210 g/mol. The first-order chi connectivity index (χ1) is 7.36. The van der Waals surface area contributed by atoms with Crippen molar-refractivity contribution in [3.8, 4) is 11.5 Å². The number of ether oxygens (including phenoxy) is 3. The largest absolute Gasteiger partial charge is 0.453 e. The van der Waals surface area contributed by atoms with Crippen molar-refractivity contribution in [2.75, 3.05) is 20.5 Å². The molecule has 0 aliphatic carbocycles. The first-order valence-corrected chi connectivity index (χ1v) is 4.87. The molecule has 4 nitrogen and oxygen atoms in total. The van der Waals surface area contributed by atoms with E-state index >= 15 is 0 Å². The van der Waals surface area contributed by atoms with Gasteiger partial charge in [0.05, 0.1) is 6.61 Å². The number of benzene rings is 1. The predicted molar refractivity (Wildman–Crippen MR) is 54.1 cm³/mol. The number of aliphatic hydroxyl groups is 1. The lowest BCUT2D eigenvalue weighted by molar-refractivity contribution is 0.162. The Bertz CT molecular complexity index is 316. The zero-order valence-corrected chi connectivity index (χ0v) is 8.66. The van der Waals surface area contributed by atoms with Crippen molar-refractivity contribution < 1.29 is 19.3 Å². The Labute approximate surface area is 88.4 Å². The average Bonchev–Trinajstić information content (AvgIpc) is 2.71. The number of aliphatic hydroxyl groups excluding tert-OH is 1. The molecule has 0 atom stereocenters. The summed E-state index contributed by atoms with van der Waals surface area (Å²) in [6.07, 6.45) is 0.582. The number of hydrogen-bond donors (Lipinski definition) is 1. The van der Waals surface area contributed by atoms with Gasteiger partial charge in [-0.25, -0.2) is 0 Å². The summed E-state index contributed by atoms with van der Waals surface area (Å²) in [5, 5.41) is 8.90. The van der Waals surface area contributed by atoms with Crippen LogP contribution in [0, 0.1) is 0 Å². The third kappa shape index (κ3) is 1.91. The molecule has 0 spiro atoms. The summed E-state index contributed by atoms with van der Waals surface area (Å²) < 4.78 is 15.8.